The summed E-state index contributed by atoms with van der Waals surface area (Å²) in [6.07, 6.45) is 5.09. The summed E-state index contributed by atoms with van der Waals surface area (Å²) in [5, 5.41) is 9.11. The Morgan fingerprint density at radius 1 is 1.12 bits per heavy atom. The molecule has 0 aliphatic carbocycles. The summed E-state index contributed by atoms with van der Waals surface area (Å²) in [5.74, 6) is -0.785. The molecule has 1 fully saturated rings. The van der Waals surface area contributed by atoms with Crippen molar-refractivity contribution in [3.05, 3.63) is 29.6 Å². The van der Waals surface area contributed by atoms with E-state index in [4.69, 9.17) is 5.11 Å². The number of phenols is 1. The highest BCUT2D eigenvalue weighted by Gasteiger charge is 2.10. The van der Waals surface area contributed by atoms with Gasteiger partial charge in [0.2, 0.25) is 0 Å². The monoisotopic (exact) mass is 223 g/mol. The molecule has 1 aromatic carbocycles. The lowest BCUT2D eigenvalue weighted by molar-refractivity contribution is 0.276. The standard InChI is InChI=1S/C13H18FNO/c14-12-9-11(5-6-13(12)16)10-15-7-3-1-2-4-8-15/h5-6,9,16H,1-4,7-8,10H2. The molecule has 16 heavy (non-hydrogen) atoms. The summed E-state index contributed by atoms with van der Waals surface area (Å²) in [5.41, 5.74) is 0.942. The zero-order valence-electron chi connectivity index (χ0n) is 9.45. The summed E-state index contributed by atoms with van der Waals surface area (Å²) in [4.78, 5) is 2.36. The van der Waals surface area contributed by atoms with Gasteiger partial charge in [-0.15, -0.1) is 0 Å². The number of halogens is 1. The molecule has 2 nitrogen and oxygen atoms in total. The number of nitrogens with zero attached hydrogens (tertiary/aromatic N) is 1. The summed E-state index contributed by atoms with van der Waals surface area (Å²) in [6.45, 7) is 2.99. The van der Waals surface area contributed by atoms with Gasteiger partial charge in [-0.3, -0.25) is 4.90 Å². The molecule has 0 unspecified atom stereocenters. The first-order chi connectivity index (χ1) is 7.75. The highest BCUT2D eigenvalue weighted by Crippen LogP contribution is 2.18. The van der Waals surface area contributed by atoms with Crippen LogP contribution >= 0.6 is 0 Å². The SMILES string of the molecule is Oc1ccc(CN2CCCCCC2)cc1F. The van der Waals surface area contributed by atoms with Crippen LogP contribution in [-0.4, -0.2) is 23.1 Å². The van der Waals surface area contributed by atoms with Gasteiger partial charge in [0.05, 0.1) is 0 Å². The van der Waals surface area contributed by atoms with Gasteiger partial charge in [0.25, 0.3) is 0 Å². The topological polar surface area (TPSA) is 23.5 Å². The molecule has 1 aliphatic rings. The Bertz CT molecular complexity index is 346. The van der Waals surface area contributed by atoms with E-state index in [0.717, 1.165) is 25.2 Å². The summed E-state index contributed by atoms with van der Waals surface area (Å²) < 4.78 is 13.1. The minimum atomic E-state index is -0.521. The molecule has 1 N–H and O–H groups in total. The molecular formula is C13H18FNO. The smallest absolute Gasteiger partial charge is 0.165 e. The van der Waals surface area contributed by atoms with E-state index >= 15 is 0 Å². The van der Waals surface area contributed by atoms with E-state index in [1.54, 1.807) is 6.07 Å². The summed E-state index contributed by atoms with van der Waals surface area (Å²) in [7, 11) is 0. The van der Waals surface area contributed by atoms with Gasteiger partial charge in [-0.2, -0.15) is 0 Å². The van der Waals surface area contributed by atoms with Crippen LogP contribution in [0.25, 0.3) is 0 Å². The predicted molar refractivity (Wildman–Crippen MR) is 61.8 cm³/mol. The first kappa shape index (κ1) is 11.4. The van der Waals surface area contributed by atoms with Crippen molar-refractivity contribution in [2.24, 2.45) is 0 Å². The number of phenolic OH excluding ortho intramolecular Hbond substituents is 1. The third-order valence-corrected chi connectivity index (χ3v) is 3.12. The van der Waals surface area contributed by atoms with Crippen LogP contribution in [0.5, 0.6) is 5.75 Å². The first-order valence-electron chi connectivity index (χ1n) is 5.95. The van der Waals surface area contributed by atoms with Gasteiger partial charge in [-0.25, -0.2) is 4.39 Å². The van der Waals surface area contributed by atoms with E-state index in [1.165, 1.54) is 37.8 Å². The van der Waals surface area contributed by atoms with E-state index in [0.29, 0.717) is 0 Å². The van der Waals surface area contributed by atoms with Gasteiger partial charge in [0.1, 0.15) is 0 Å². The molecule has 1 saturated heterocycles. The number of hydrogen-bond donors (Lipinski definition) is 1. The van der Waals surface area contributed by atoms with Gasteiger partial charge in [-0.05, 0) is 43.6 Å². The van der Waals surface area contributed by atoms with Crippen LogP contribution in [0, 0.1) is 5.82 Å². The molecule has 0 bridgehead atoms. The van der Waals surface area contributed by atoms with E-state index in [1.807, 2.05) is 0 Å². The molecule has 1 aliphatic heterocycles. The third kappa shape index (κ3) is 2.95. The molecule has 0 aromatic heterocycles. The maximum absolute atomic E-state index is 13.1. The lowest BCUT2D eigenvalue weighted by Crippen LogP contribution is -2.23. The molecule has 0 radical (unpaired) electrons. The van der Waals surface area contributed by atoms with Crippen LogP contribution in [0.3, 0.4) is 0 Å². The second kappa shape index (κ2) is 5.30. The average Bonchev–Trinajstić information content (AvgIpc) is 2.52. The fraction of sp³-hybridized carbons (Fsp3) is 0.538. The Kier molecular flexibility index (Phi) is 3.78. The Labute approximate surface area is 95.7 Å². The van der Waals surface area contributed by atoms with Crippen molar-refractivity contribution in [3.63, 3.8) is 0 Å². The molecule has 3 heteroatoms. The Morgan fingerprint density at radius 3 is 2.44 bits per heavy atom. The molecule has 0 saturated carbocycles. The fourth-order valence-electron chi connectivity index (χ4n) is 2.20. The highest BCUT2D eigenvalue weighted by atomic mass is 19.1. The zero-order valence-corrected chi connectivity index (χ0v) is 9.45. The number of aromatic hydroxyl groups is 1. The van der Waals surface area contributed by atoms with Gasteiger partial charge in [-0.1, -0.05) is 18.9 Å². The lowest BCUT2D eigenvalue weighted by atomic mass is 10.2. The summed E-state index contributed by atoms with van der Waals surface area (Å²) in [6, 6.07) is 4.66. The molecule has 2 rings (SSSR count). The van der Waals surface area contributed by atoms with Crippen molar-refractivity contribution in [3.8, 4) is 5.75 Å². The van der Waals surface area contributed by atoms with Crippen LogP contribution < -0.4 is 0 Å². The second-order valence-electron chi connectivity index (χ2n) is 4.48. The van der Waals surface area contributed by atoms with Crippen molar-refractivity contribution < 1.29 is 9.50 Å². The van der Waals surface area contributed by atoms with Gasteiger partial charge < -0.3 is 5.11 Å². The Morgan fingerprint density at radius 2 is 1.81 bits per heavy atom. The van der Waals surface area contributed by atoms with Crippen molar-refractivity contribution in [2.45, 2.75) is 32.2 Å². The van der Waals surface area contributed by atoms with Crippen LogP contribution in [0.15, 0.2) is 18.2 Å². The normalized spacial score (nSPS) is 18.3. The number of hydrogen-bond acceptors (Lipinski definition) is 2. The van der Waals surface area contributed by atoms with Crippen molar-refractivity contribution in [2.75, 3.05) is 13.1 Å². The van der Waals surface area contributed by atoms with Gasteiger partial charge in [0, 0.05) is 6.54 Å². The molecule has 0 atom stereocenters. The van der Waals surface area contributed by atoms with Gasteiger partial charge >= 0.3 is 0 Å². The first-order valence-corrected chi connectivity index (χ1v) is 5.95. The fourth-order valence-corrected chi connectivity index (χ4v) is 2.20. The van der Waals surface area contributed by atoms with Crippen LogP contribution in [0.2, 0.25) is 0 Å². The molecule has 0 spiro atoms. The van der Waals surface area contributed by atoms with E-state index < -0.39 is 5.82 Å². The highest BCUT2D eigenvalue weighted by molar-refractivity contribution is 5.27. The van der Waals surface area contributed by atoms with Crippen molar-refractivity contribution in [1.82, 2.24) is 4.90 Å². The third-order valence-electron chi connectivity index (χ3n) is 3.12. The number of benzene rings is 1. The molecule has 88 valence electrons. The van der Waals surface area contributed by atoms with Crippen molar-refractivity contribution >= 4 is 0 Å². The van der Waals surface area contributed by atoms with E-state index in [9.17, 15) is 4.39 Å². The van der Waals surface area contributed by atoms with E-state index in [-0.39, 0.29) is 5.75 Å². The lowest BCUT2D eigenvalue weighted by Gasteiger charge is -2.19. The Balaban J connectivity index is 1.99. The van der Waals surface area contributed by atoms with Crippen LogP contribution in [-0.2, 0) is 6.54 Å². The summed E-state index contributed by atoms with van der Waals surface area (Å²) >= 11 is 0. The number of likely N-dealkylation sites (tertiary alicyclic amines) is 1. The van der Waals surface area contributed by atoms with E-state index in [2.05, 4.69) is 4.90 Å². The second-order valence-corrected chi connectivity index (χ2v) is 4.48. The average molecular weight is 223 g/mol. The predicted octanol–water partition coefficient (Wildman–Crippen LogP) is 2.91. The molecule has 1 aromatic rings. The largest absolute Gasteiger partial charge is 0.505 e. The quantitative estimate of drug-likeness (QED) is 0.833. The van der Waals surface area contributed by atoms with Gasteiger partial charge in [0.15, 0.2) is 11.6 Å². The van der Waals surface area contributed by atoms with Crippen molar-refractivity contribution in [1.29, 1.82) is 0 Å². The Hall–Kier alpha value is -1.09. The molecule has 1 heterocycles. The number of rotatable bonds is 2. The van der Waals surface area contributed by atoms with Crippen LogP contribution in [0.4, 0.5) is 4.39 Å². The minimum Gasteiger partial charge on any atom is -0.505 e. The van der Waals surface area contributed by atoms with Crippen LogP contribution in [0.1, 0.15) is 31.2 Å². The molecular weight excluding hydrogens is 205 g/mol. The maximum Gasteiger partial charge on any atom is 0.165 e. The minimum absolute atomic E-state index is 0.264. The maximum atomic E-state index is 13.1. The zero-order chi connectivity index (χ0) is 11.4. The molecule has 0 amide bonds.